The Morgan fingerprint density at radius 1 is 0.931 bits per heavy atom. The van der Waals surface area contributed by atoms with Crippen molar-refractivity contribution in [3.05, 3.63) is 84.1 Å². The van der Waals surface area contributed by atoms with E-state index in [1.165, 1.54) is 0 Å². The number of H-pyrrole nitrogens is 1. The average Bonchev–Trinajstić information content (AvgIpc) is 3.14. The van der Waals surface area contributed by atoms with Crippen molar-refractivity contribution in [3.8, 4) is 0 Å². The van der Waals surface area contributed by atoms with Gasteiger partial charge in [0.1, 0.15) is 12.6 Å². The molecule has 0 fully saturated rings. The van der Waals surface area contributed by atoms with Crippen LogP contribution >= 0.6 is 0 Å². The summed E-state index contributed by atoms with van der Waals surface area (Å²) >= 11 is 0. The minimum atomic E-state index is -1.11. The Morgan fingerprint density at radius 2 is 1.66 bits per heavy atom. The lowest BCUT2D eigenvalue weighted by molar-refractivity contribution is -0.139. The summed E-state index contributed by atoms with van der Waals surface area (Å²) in [4.78, 5) is 27.0. The predicted octanol–water partition coefficient (Wildman–Crippen LogP) is 4.24. The number of carbonyl (C=O) groups is 2. The molecule has 1 heterocycles. The molecule has 0 aliphatic heterocycles. The number of carboxylic acid groups (broad SMARTS) is 1. The molecule has 4 rings (SSSR count). The molecule has 0 aliphatic carbocycles. The number of aromatic nitrogens is 1. The summed E-state index contributed by atoms with van der Waals surface area (Å²) in [7, 11) is 0. The summed E-state index contributed by atoms with van der Waals surface area (Å²) in [5, 5.41) is 15.0. The quantitative estimate of drug-likeness (QED) is 0.461. The van der Waals surface area contributed by atoms with E-state index in [1.54, 1.807) is 6.20 Å². The molecule has 146 valence electrons. The number of alkyl carbamates (subject to hydrolysis) is 1. The van der Waals surface area contributed by atoms with E-state index in [4.69, 9.17) is 4.74 Å². The number of hydrogen-bond donors (Lipinski definition) is 3. The first-order valence-corrected chi connectivity index (χ1v) is 9.29. The molecule has 0 radical (unpaired) electrons. The highest BCUT2D eigenvalue weighted by atomic mass is 16.5. The van der Waals surface area contributed by atoms with Crippen molar-refractivity contribution >= 4 is 33.7 Å². The third kappa shape index (κ3) is 4.06. The van der Waals surface area contributed by atoms with Crippen LogP contribution in [0.2, 0.25) is 0 Å². The minimum absolute atomic E-state index is 0.0621. The highest BCUT2D eigenvalue weighted by molar-refractivity contribution is 5.87. The minimum Gasteiger partial charge on any atom is -0.480 e. The Bertz CT molecular complexity index is 1180. The van der Waals surface area contributed by atoms with Crippen molar-refractivity contribution in [1.82, 2.24) is 10.3 Å². The zero-order valence-electron chi connectivity index (χ0n) is 15.6. The van der Waals surface area contributed by atoms with E-state index in [1.807, 2.05) is 66.7 Å². The van der Waals surface area contributed by atoms with E-state index in [-0.39, 0.29) is 13.0 Å². The topological polar surface area (TPSA) is 91.4 Å². The van der Waals surface area contributed by atoms with Gasteiger partial charge >= 0.3 is 12.1 Å². The summed E-state index contributed by atoms with van der Waals surface area (Å²) in [6, 6.07) is 20.1. The molecule has 1 atom stereocenters. The van der Waals surface area contributed by atoms with Gasteiger partial charge in [0, 0.05) is 23.5 Å². The van der Waals surface area contributed by atoms with Gasteiger partial charge in [-0.15, -0.1) is 0 Å². The van der Waals surface area contributed by atoms with E-state index in [0.717, 1.165) is 32.8 Å². The van der Waals surface area contributed by atoms with Crippen molar-refractivity contribution < 1.29 is 19.4 Å². The zero-order valence-corrected chi connectivity index (χ0v) is 15.6. The molecule has 0 saturated carbocycles. The van der Waals surface area contributed by atoms with Crippen LogP contribution in [0.3, 0.4) is 0 Å². The van der Waals surface area contributed by atoms with Crippen LogP contribution in [0.25, 0.3) is 21.7 Å². The fraction of sp³-hybridized carbons (Fsp3) is 0.130. The first-order valence-electron chi connectivity index (χ1n) is 9.29. The van der Waals surface area contributed by atoms with Crippen molar-refractivity contribution in [2.75, 3.05) is 0 Å². The van der Waals surface area contributed by atoms with Crippen LogP contribution in [0.1, 0.15) is 11.1 Å². The normalized spacial score (nSPS) is 12.0. The predicted molar refractivity (Wildman–Crippen MR) is 111 cm³/mol. The highest BCUT2D eigenvalue weighted by Crippen LogP contribution is 2.20. The smallest absolute Gasteiger partial charge is 0.408 e. The second-order valence-electron chi connectivity index (χ2n) is 6.81. The van der Waals surface area contributed by atoms with Gasteiger partial charge in [-0.05, 0) is 28.0 Å². The number of fused-ring (bicyclic) bond motifs is 2. The maximum atomic E-state index is 12.3. The van der Waals surface area contributed by atoms with E-state index in [0.29, 0.717) is 0 Å². The molecule has 0 saturated heterocycles. The number of rotatable bonds is 6. The lowest BCUT2D eigenvalue weighted by Gasteiger charge is -2.15. The monoisotopic (exact) mass is 388 g/mol. The van der Waals surface area contributed by atoms with Gasteiger partial charge in [0.15, 0.2) is 0 Å². The summed E-state index contributed by atoms with van der Waals surface area (Å²) in [6.45, 7) is 0.0621. The third-order valence-corrected chi connectivity index (χ3v) is 4.93. The Morgan fingerprint density at radius 3 is 2.48 bits per heavy atom. The molecule has 1 amide bonds. The van der Waals surface area contributed by atoms with Crippen molar-refractivity contribution in [3.63, 3.8) is 0 Å². The number of ether oxygens (including phenoxy) is 1. The second kappa shape index (κ2) is 8.06. The van der Waals surface area contributed by atoms with E-state index < -0.39 is 18.1 Å². The molecule has 6 heteroatoms. The Balaban J connectivity index is 1.43. The van der Waals surface area contributed by atoms with Gasteiger partial charge in [-0.2, -0.15) is 0 Å². The van der Waals surface area contributed by atoms with E-state index in [2.05, 4.69) is 10.3 Å². The van der Waals surface area contributed by atoms with Crippen LogP contribution in [-0.2, 0) is 22.6 Å². The van der Waals surface area contributed by atoms with Crippen LogP contribution < -0.4 is 5.32 Å². The lowest BCUT2D eigenvalue weighted by atomic mass is 10.1. The summed E-state index contributed by atoms with van der Waals surface area (Å²) in [5.74, 6) is -1.11. The zero-order chi connectivity index (χ0) is 20.2. The molecule has 0 bridgehead atoms. The summed E-state index contributed by atoms with van der Waals surface area (Å²) in [6.07, 6.45) is 1.16. The number of carboxylic acids is 1. The van der Waals surface area contributed by atoms with Gasteiger partial charge in [0.05, 0.1) is 0 Å². The number of para-hydroxylation sites is 1. The van der Waals surface area contributed by atoms with Crippen molar-refractivity contribution in [2.24, 2.45) is 0 Å². The summed E-state index contributed by atoms with van der Waals surface area (Å²) in [5.41, 5.74) is 2.61. The highest BCUT2D eigenvalue weighted by Gasteiger charge is 2.22. The number of carbonyl (C=O) groups excluding carboxylic acids is 1. The molecule has 1 aromatic heterocycles. The standard InChI is InChI=1S/C23H20N2O4/c26-22(27)21(12-17-13-24-20-11-4-3-10-19(17)20)25-23(28)29-14-16-8-5-7-15-6-1-2-9-18(15)16/h1-11,13,21,24H,12,14H2,(H,25,28)(H,26,27)/t21-/m0/s1. The van der Waals surface area contributed by atoms with Crippen LogP contribution in [-0.4, -0.2) is 28.2 Å². The second-order valence-corrected chi connectivity index (χ2v) is 6.81. The number of nitrogens with one attached hydrogen (secondary N) is 2. The van der Waals surface area contributed by atoms with Crippen LogP contribution in [0.4, 0.5) is 4.79 Å². The first kappa shape index (κ1) is 18.6. The SMILES string of the molecule is O=C(N[C@@H](Cc1c[nH]c2ccccc12)C(=O)O)OCc1cccc2ccccc12. The van der Waals surface area contributed by atoms with Crippen molar-refractivity contribution in [1.29, 1.82) is 0 Å². The molecule has 6 nitrogen and oxygen atoms in total. The van der Waals surface area contributed by atoms with E-state index in [9.17, 15) is 14.7 Å². The van der Waals surface area contributed by atoms with Gasteiger partial charge < -0.3 is 20.1 Å². The lowest BCUT2D eigenvalue weighted by Crippen LogP contribution is -2.42. The molecule has 3 aromatic carbocycles. The molecular weight excluding hydrogens is 368 g/mol. The van der Waals surface area contributed by atoms with Gasteiger partial charge in [0.2, 0.25) is 0 Å². The first-order chi connectivity index (χ1) is 14.1. The fourth-order valence-corrected chi connectivity index (χ4v) is 3.47. The molecule has 29 heavy (non-hydrogen) atoms. The van der Waals surface area contributed by atoms with Gasteiger partial charge in [-0.1, -0.05) is 60.7 Å². The number of aromatic amines is 1. The van der Waals surface area contributed by atoms with E-state index >= 15 is 0 Å². The number of benzene rings is 3. The number of hydrogen-bond acceptors (Lipinski definition) is 3. The molecule has 3 N–H and O–H groups in total. The van der Waals surface area contributed by atoms with Crippen molar-refractivity contribution in [2.45, 2.75) is 19.1 Å². The molecule has 0 unspecified atom stereocenters. The summed E-state index contributed by atoms with van der Waals surface area (Å²) < 4.78 is 5.30. The van der Waals surface area contributed by atoms with Gasteiger partial charge in [-0.3, -0.25) is 0 Å². The third-order valence-electron chi connectivity index (χ3n) is 4.93. The Labute approximate surface area is 167 Å². The Kier molecular flexibility index (Phi) is 5.16. The molecule has 0 spiro atoms. The number of amides is 1. The van der Waals surface area contributed by atoms with Gasteiger partial charge in [0.25, 0.3) is 0 Å². The van der Waals surface area contributed by atoms with Gasteiger partial charge in [-0.25, -0.2) is 9.59 Å². The maximum absolute atomic E-state index is 12.3. The average molecular weight is 388 g/mol. The fourth-order valence-electron chi connectivity index (χ4n) is 3.47. The van der Waals surface area contributed by atoms with Crippen LogP contribution in [0.5, 0.6) is 0 Å². The Hall–Kier alpha value is -3.80. The molecule has 4 aromatic rings. The van der Waals surface area contributed by atoms with Crippen LogP contribution in [0.15, 0.2) is 72.9 Å². The molecule has 0 aliphatic rings. The number of aliphatic carboxylic acids is 1. The largest absolute Gasteiger partial charge is 0.480 e. The van der Waals surface area contributed by atoms with Crippen LogP contribution in [0, 0.1) is 0 Å². The maximum Gasteiger partial charge on any atom is 0.408 e. The molecular formula is C23H20N2O4.